The van der Waals surface area contributed by atoms with Gasteiger partial charge in [0.2, 0.25) is 5.88 Å². The Kier molecular flexibility index (Phi) is 6.52. The molecule has 0 saturated heterocycles. The minimum atomic E-state index is -0.676. The first-order valence-corrected chi connectivity index (χ1v) is 9.85. The quantitative estimate of drug-likeness (QED) is 0.381. The third kappa shape index (κ3) is 4.65. The molecule has 3 aromatic rings. The van der Waals surface area contributed by atoms with E-state index < -0.39 is 11.5 Å². The number of amides is 1. The molecule has 0 bridgehead atoms. The number of aromatic hydroxyl groups is 2. The van der Waals surface area contributed by atoms with E-state index in [1.807, 2.05) is 12.1 Å². The highest BCUT2D eigenvalue weighted by molar-refractivity contribution is 9.10. The molecule has 2 aromatic carbocycles. The Bertz CT molecular complexity index is 1280. The van der Waals surface area contributed by atoms with Crippen molar-refractivity contribution in [2.24, 2.45) is 5.10 Å². The van der Waals surface area contributed by atoms with E-state index >= 15 is 0 Å². The fourth-order valence-corrected chi connectivity index (χ4v) is 3.31. The maximum absolute atomic E-state index is 12.7. The van der Waals surface area contributed by atoms with Crippen molar-refractivity contribution in [2.45, 2.75) is 13.5 Å². The number of phenols is 1. The molecule has 0 fully saturated rings. The Morgan fingerprint density at radius 1 is 1.26 bits per heavy atom. The summed E-state index contributed by atoms with van der Waals surface area (Å²) in [6.07, 6.45) is 1.15. The summed E-state index contributed by atoms with van der Waals surface area (Å²) in [4.78, 5) is 25.0. The molecule has 31 heavy (non-hydrogen) atoms. The first-order chi connectivity index (χ1) is 14.8. The van der Waals surface area contributed by atoms with Crippen LogP contribution in [0, 0.1) is 18.3 Å². The van der Waals surface area contributed by atoms with Crippen LogP contribution in [0.1, 0.15) is 32.6 Å². The fraction of sp³-hybridized carbons (Fsp3) is 0.0909. The lowest BCUT2D eigenvalue weighted by molar-refractivity contribution is 0.0952. The number of aromatic nitrogens is 1. The van der Waals surface area contributed by atoms with Crippen LogP contribution in [0.3, 0.4) is 0 Å². The van der Waals surface area contributed by atoms with E-state index in [-0.39, 0.29) is 40.4 Å². The summed E-state index contributed by atoms with van der Waals surface area (Å²) >= 11 is 3.22. The normalized spacial score (nSPS) is 10.7. The Morgan fingerprint density at radius 3 is 2.65 bits per heavy atom. The van der Waals surface area contributed by atoms with Crippen LogP contribution in [-0.2, 0) is 6.54 Å². The van der Waals surface area contributed by atoms with E-state index in [2.05, 4.69) is 26.5 Å². The van der Waals surface area contributed by atoms with Crippen molar-refractivity contribution in [3.63, 3.8) is 0 Å². The molecule has 0 saturated carbocycles. The number of pyridine rings is 1. The van der Waals surface area contributed by atoms with Crippen LogP contribution in [0.25, 0.3) is 0 Å². The summed E-state index contributed by atoms with van der Waals surface area (Å²) in [5.74, 6) is -1.28. The number of benzene rings is 2. The average Bonchev–Trinajstić information content (AvgIpc) is 2.76. The standard InChI is InChI=1S/C22H17BrN4O4/c1-13-17(10-24)21(30)27(12-14-5-3-2-4-6-14)22(31)18(13)11-25-26-20(29)16-9-15(23)7-8-19(16)28/h2-9,11,28,31H,12H2,1H3,(H,26,29)/b25-11+. The molecule has 0 unspecified atom stereocenters. The van der Waals surface area contributed by atoms with E-state index in [1.54, 1.807) is 30.3 Å². The van der Waals surface area contributed by atoms with Gasteiger partial charge in [0.15, 0.2) is 0 Å². The van der Waals surface area contributed by atoms with Gasteiger partial charge in [-0.15, -0.1) is 0 Å². The third-order valence-corrected chi connectivity index (χ3v) is 5.09. The Morgan fingerprint density at radius 2 is 1.97 bits per heavy atom. The SMILES string of the molecule is Cc1c(/C=N/NC(=O)c2cc(Br)ccc2O)c(O)n(Cc2ccccc2)c(=O)c1C#N. The molecular formula is C22H17BrN4O4. The Labute approximate surface area is 185 Å². The molecule has 8 nitrogen and oxygen atoms in total. The number of phenolic OH excluding ortho intramolecular Hbond substituents is 1. The topological polar surface area (TPSA) is 128 Å². The van der Waals surface area contributed by atoms with E-state index in [0.29, 0.717) is 4.47 Å². The van der Waals surface area contributed by atoms with Gasteiger partial charge in [-0.3, -0.25) is 14.2 Å². The molecule has 1 aromatic heterocycles. The second-order valence-electron chi connectivity index (χ2n) is 6.59. The molecule has 1 amide bonds. The Balaban J connectivity index is 1.96. The minimum Gasteiger partial charge on any atom is -0.507 e. The minimum absolute atomic E-state index is 0.000712. The summed E-state index contributed by atoms with van der Waals surface area (Å²) in [5, 5.41) is 33.8. The van der Waals surface area contributed by atoms with Gasteiger partial charge in [-0.1, -0.05) is 46.3 Å². The van der Waals surface area contributed by atoms with Crippen LogP contribution >= 0.6 is 15.9 Å². The number of carbonyl (C=O) groups is 1. The van der Waals surface area contributed by atoms with Crippen molar-refractivity contribution in [3.8, 4) is 17.7 Å². The zero-order valence-corrected chi connectivity index (χ0v) is 17.9. The van der Waals surface area contributed by atoms with E-state index in [0.717, 1.165) is 16.3 Å². The van der Waals surface area contributed by atoms with Gasteiger partial charge in [-0.05, 0) is 36.2 Å². The van der Waals surface area contributed by atoms with Crippen LogP contribution in [0.5, 0.6) is 11.6 Å². The number of carbonyl (C=O) groups excluding carboxylic acids is 1. The lowest BCUT2D eigenvalue weighted by Gasteiger charge is -2.14. The van der Waals surface area contributed by atoms with Gasteiger partial charge in [0.05, 0.1) is 23.9 Å². The van der Waals surface area contributed by atoms with Gasteiger partial charge in [-0.25, -0.2) is 5.43 Å². The Hall–Kier alpha value is -3.90. The van der Waals surface area contributed by atoms with Crippen molar-refractivity contribution < 1.29 is 15.0 Å². The molecular weight excluding hydrogens is 464 g/mol. The van der Waals surface area contributed by atoms with E-state index in [1.165, 1.54) is 19.1 Å². The van der Waals surface area contributed by atoms with Crippen LogP contribution in [0.4, 0.5) is 0 Å². The highest BCUT2D eigenvalue weighted by atomic mass is 79.9. The first kappa shape index (κ1) is 21.8. The van der Waals surface area contributed by atoms with Crippen molar-refractivity contribution in [1.29, 1.82) is 5.26 Å². The van der Waals surface area contributed by atoms with Crippen molar-refractivity contribution in [2.75, 3.05) is 0 Å². The average molecular weight is 481 g/mol. The largest absolute Gasteiger partial charge is 0.507 e. The monoisotopic (exact) mass is 480 g/mol. The van der Waals surface area contributed by atoms with Gasteiger partial charge in [0, 0.05) is 4.47 Å². The van der Waals surface area contributed by atoms with Gasteiger partial charge >= 0.3 is 0 Å². The first-order valence-electron chi connectivity index (χ1n) is 9.05. The molecule has 3 rings (SSSR count). The van der Waals surface area contributed by atoms with Crippen LogP contribution in [0.2, 0.25) is 0 Å². The van der Waals surface area contributed by atoms with Crippen LogP contribution in [0.15, 0.2) is 62.9 Å². The molecule has 0 atom stereocenters. The molecule has 0 spiro atoms. The molecule has 0 radical (unpaired) electrons. The molecule has 0 aliphatic rings. The summed E-state index contributed by atoms with van der Waals surface area (Å²) in [7, 11) is 0. The highest BCUT2D eigenvalue weighted by Gasteiger charge is 2.18. The molecule has 0 aliphatic carbocycles. The molecule has 1 heterocycles. The van der Waals surface area contributed by atoms with Crippen molar-refractivity contribution in [1.82, 2.24) is 9.99 Å². The second kappa shape index (κ2) is 9.28. The fourth-order valence-electron chi connectivity index (χ4n) is 2.94. The number of nitriles is 1. The summed E-state index contributed by atoms with van der Waals surface area (Å²) in [5.41, 5.74) is 2.61. The number of hydrogen-bond donors (Lipinski definition) is 3. The van der Waals surface area contributed by atoms with Gasteiger partial charge in [-0.2, -0.15) is 10.4 Å². The van der Waals surface area contributed by atoms with Gasteiger partial charge < -0.3 is 10.2 Å². The number of halogens is 1. The van der Waals surface area contributed by atoms with Crippen LogP contribution < -0.4 is 11.0 Å². The van der Waals surface area contributed by atoms with Gasteiger partial charge in [0.25, 0.3) is 11.5 Å². The van der Waals surface area contributed by atoms with Crippen molar-refractivity contribution in [3.05, 3.63) is 91.2 Å². The molecule has 156 valence electrons. The number of hydrogen-bond acceptors (Lipinski definition) is 6. The molecule has 3 N–H and O–H groups in total. The number of nitrogens with one attached hydrogen (secondary N) is 1. The van der Waals surface area contributed by atoms with E-state index in [9.17, 15) is 25.1 Å². The van der Waals surface area contributed by atoms with E-state index in [4.69, 9.17) is 0 Å². The predicted octanol–water partition coefficient (Wildman–Crippen LogP) is 3.01. The predicted molar refractivity (Wildman–Crippen MR) is 118 cm³/mol. The van der Waals surface area contributed by atoms with Crippen LogP contribution in [-0.4, -0.2) is 26.9 Å². The highest BCUT2D eigenvalue weighted by Crippen LogP contribution is 2.22. The van der Waals surface area contributed by atoms with Crippen molar-refractivity contribution >= 4 is 28.1 Å². The summed E-state index contributed by atoms with van der Waals surface area (Å²) in [6.45, 7) is 1.56. The number of hydrazone groups is 1. The zero-order valence-electron chi connectivity index (χ0n) is 16.3. The second-order valence-corrected chi connectivity index (χ2v) is 7.50. The zero-order chi connectivity index (χ0) is 22.5. The maximum atomic E-state index is 12.7. The lowest BCUT2D eigenvalue weighted by atomic mass is 10.1. The molecule has 9 heteroatoms. The number of rotatable bonds is 5. The summed E-state index contributed by atoms with van der Waals surface area (Å²) in [6, 6.07) is 15.2. The third-order valence-electron chi connectivity index (χ3n) is 4.59. The number of nitrogens with zero attached hydrogens (tertiary/aromatic N) is 3. The summed E-state index contributed by atoms with van der Waals surface area (Å²) < 4.78 is 1.67. The maximum Gasteiger partial charge on any atom is 0.275 e. The van der Waals surface area contributed by atoms with Gasteiger partial charge in [0.1, 0.15) is 17.4 Å². The smallest absolute Gasteiger partial charge is 0.275 e. The lowest BCUT2D eigenvalue weighted by Crippen LogP contribution is -2.26. The molecule has 0 aliphatic heterocycles.